The number of anilines is 1. The molecule has 7 heteroatoms. The van der Waals surface area contributed by atoms with Crippen LogP contribution in [0.4, 0.5) is 5.69 Å². The van der Waals surface area contributed by atoms with Crippen molar-refractivity contribution in [3.05, 3.63) is 59.1 Å². The lowest BCUT2D eigenvalue weighted by Crippen LogP contribution is -2.14. The Kier molecular flexibility index (Phi) is 5.17. The average Bonchev–Trinajstić information content (AvgIpc) is 3.06. The number of benzene rings is 2. The number of carbonyl (C=O) groups is 1. The van der Waals surface area contributed by atoms with E-state index in [0.717, 1.165) is 11.1 Å². The summed E-state index contributed by atoms with van der Waals surface area (Å²) in [6.45, 7) is 1.91. The lowest BCUT2D eigenvalue weighted by atomic mass is 10.2. The minimum atomic E-state index is -0.133. The molecule has 122 valence electrons. The topological polar surface area (TPSA) is 70.7 Å². The number of aryl methyl sites for hydroxylation is 1. The third-order valence-electron chi connectivity index (χ3n) is 3.30. The van der Waals surface area contributed by atoms with Crippen molar-refractivity contribution in [3.8, 4) is 11.4 Å². The second kappa shape index (κ2) is 7.51. The molecule has 0 atom stereocenters. The van der Waals surface area contributed by atoms with E-state index in [1.54, 1.807) is 6.07 Å². The number of nitrogens with one attached hydrogen (secondary N) is 2. The number of aromatic amines is 1. The van der Waals surface area contributed by atoms with Gasteiger partial charge < -0.3 is 5.32 Å². The van der Waals surface area contributed by atoms with Crippen molar-refractivity contribution in [3.63, 3.8) is 0 Å². The van der Waals surface area contributed by atoms with Crippen molar-refractivity contribution < 1.29 is 4.79 Å². The van der Waals surface area contributed by atoms with Crippen LogP contribution in [0, 0.1) is 6.92 Å². The maximum Gasteiger partial charge on any atom is 0.234 e. The van der Waals surface area contributed by atoms with E-state index in [9.17, 15) is 4.79 Å². The summed E-state index contributed by atoms with van der Waals surface area (Å²) >= 11 is 7.32. The van der Waals surface area contributed by atoms with Gasteiger partial charge in [-0.25, -0.2) is 4.98 Å². The van der Waals surface area contributed by atoms with Gasteiger partial charge in [-0.1, -0.05) is 59.8 Å². The molecule has 5 nitrogen and oxygen atoms in total. The molecule has 0 aliphatic heterocycles. The van der Waals surface area contributed by atoms with E-state index in [4.69, 9.17) is 11.6 Å². The Morgan fingerprint density at radius 3 is 2.79 bits per heavy atom. The third kappa shape index (κ3) is 4.15. The number of hydrogen-bond acceptors (Lipinski definition) is 4. The first-order valence-corrected chi connectivity index (χ1v) is 8.65. The van der Waals surface area contributed by atoms with E-state index in [2.05, 4.69) is 20.5 Å². The summed E-state index contributed by atoms with van der Waals surface area (Å²) < 4.78 is 0. The molecule has 0 spiro atoms. The average molecular weight is 359 g/mol. The summed E-state index contributed by atoms with van der Waals surface area (Å²) in [4.78, 5) is 16.4. The molecule has 2 N–H and O–H groups in total. The summed E-state index contributed by atoms with van der Waals surface area (Å²) in [7, 11) is 0. The van der Waals surface area contributed by atoms with Crippen molar-refractivity contribution in [2.75, 3.05) is 11.1 Å². The Labute approximate surface area is 148 Å². The van der Waals surface area contributed by atoms with Gasteiger partial charge in [0, 0.05) is 16.3 Å². The van der Waals surface area contributed by atoms with Crippen LogP contribution < -0.4 is 5.32 Å². The van der Waals surface area contributed by atoms with E-state index < -0.39 is 0 Å². The molecule has 3 aromatic rings. The van der Waals surface area contributed by atoms with E-state index in [1.807, 2.05) is 49.4 Å². The SMILES string of the molecule is Cc1ccc(NC(=O)CSc2n[nH]c(-c3ccccc3)n2)cc1Cl. The summed E-state index contributed by atoms with van der Waals surface area (Å²) in [5, 5.41) is 11.0. The van der Waals surface area contributed by atoms with Crippen molar-refractivity contribution in [2.45, 2.75) is 12.1 Å². The molecule has 1 heterocycles. The summed E-state index contributed by atoms with van der Waals surface area (Å²) in [6.07, 6.45) is 0. The molecule has 0 fully saturated rings. The smallest absolute Gasteiger partial charge is 0.234 e. The van der Waals surface area contributed by atoms with Gasteiger partial charge in [0.05, 0.1) is 5.75 Å². The number of rotatable bonds is 5. The van der Waals surface area contributed by atoms with E-state index in [0.29, 0.717) is 21.7 Å². The molecule has 2 aromatic carbocycles. The van der Waals surface area contributed by atoms with Crippen LogP contribution in [0.3, 0.4) is 0 Å². The molecule has 24 heavy (non-hydrogen) atoms. The molecule has 0 aliphatic carbocycles. The maximum absolute atomic E-state index is 12.0. The van der Waals surface area contributed by atoms with Gasteiger partial charge in [-0.05, 0) is 24.6 Å². The monoisotopic (exact) mass is 358 g/mol. The predicted molar refractivity (Wildman–Crippen MR) is 97.4 cm³/mol. The molecule has 3 rings (SSSR count). The molecule has 0 aliphatic rings. The highest BCUT2D eigenvalue weighted by molar-refractivity contribution is 7.99. The predicted octanol–water partition coefficient (Wildman–Crippen LogP) is 4.16. The fraction of sp³-hybridized carbons (Fsp3) is 0.118. The summed E-state index contributed by atoms with van der Waals surface area (Å²) in [6, 6.07) is 15.1. The minimum absolute atomic E-state index is 0.133. The molecule has 0 saturated carbocycles. The van der Waals surface area contributed by atoms with Crippen molar-refractivity contribution in [1.82, 2.24) is 15.2 Å². The van der Waals surface area contributed by atoms with E-state index in [-0.39, 0.29) is 11.7 Å². The van der Waals surface area contributed by atoms with Gasteiger partial charge in [0.2, 0.25) is 11.1 Å². The summed E-state index contributed by atoms with van der Waals surface area (Å²) in [5.74, 6) is 0.771. The molecule has 0 bridgehead atoms. The third-order valence-corrected chi connectivity index (χ3v) is 4.55. The van der Waals surface area contributed by atoms with Crippen LogP contribution in [-0.4, -0.2) is 26.8 Å². The highest BCUT2D eigenvalue weighted by Crippen LogP contribution is 2.21. The molecule has 1 aromatic heterocycles. The second-order valence-electron chi connectivity index (χ2n) is 5.13. The van der Waals surface area contributed by atoms with Crippen LogP contribution in [0.5, 0.6) is 0 Å². The number of nitrogens with zero attached hydrogens (tertiary/aromatic N) is 2. The van der Waals surface area contributed by atoms with Gasteiger partial charge in [-0.3, -0.25) is 9.89 Å². The highest BCUT2D eigenvalue weighted by Gasteiger charge is 2.09. The van der Waals surface area contributed by atoms with Gasteiger partial charge >= 0.3 is 0 Å². The van der Waals surface area contributed by atoms with Gasteiger partial charge in [0.1, 0.15) is 0 Å². The second-order valence-corrected chi connectivity index (χ2v) is 6.48. The fourth-order valence-electron chi connectivity index (χ4n) is 2.03. The standard InChI is InChI=1S/C17H15ClN4OS/c1-11-7-8-13(9-14(11)18)19-15(23)10-24-17-20-16(21-22-17)12-5-3-2-4-6-12/h2-9H,10H2,1H3,(H,19,23)(H,20,21,22). The normalized spacial score (nSPS) is 10.6. The van der Waals surface area contributed by atoms with Crippen molar-refractivity contribution in [2.24, 2.45) is 0 Å². The largest absolute Gasteiger partial charge is 0.325 e. The first kappa shape index (κ1) is 16.5. The Bertz CT molecular complexity index is 851. The lowest BCUT2D eigenvalue weighted by Gasteiger charge is -2.05. The fourth-order valence-corrected chi connectivity index (χ4v) is 2.81. The van der Waals surface area contributed by atoms with Gasteiger partial charge in [0.25, 0.3) is 0 Å². The number of H-pyrrole nitrogens is 1. The zero-order valence-corrected chi connectivity index (χ0v) is 14.5. The van der Waals surface area contributed by atoms with Crippen LogP contribution in [0.1, 0.15) is 5.56 Å². The molecule has 0 radical (unpaired) electrons. The number of halogens is 1. The number of thioether (sulfide) groups is 1. The molecular weight excluding hydrogens is 344 g/mol. The summed E-state index contributed by atoms with van der Waals surface area (Å²) in [5.41, 5.74) is 2.60. The Hall–Kier alpha value is -2.31. The van der Waals surface area contributed by atoms with Crippen LogP contribution >= 0.6 is 23.4 Å². The Morgan fingerprint density at radius 2 is 2.04 bits per heavy atom. The highest BCUT2D eigenvalue weighted by atomic mass is 35.5. The Morgan fingerprint density at radius 1 is 1.25 bits per heavy atom. The minimum Gasteiger partial charge on any atom is -0.325 e. The van der Waals surface area contributed by atoms with E-state index in [1.165, 1.54) is 11.8 Å². The number of carbonyl (C=O) groups excluding carboxylic acids is 1. The number of amides is 1. The quantitative estimate of drug-likeness (QED) is 0.672. The molecule has 0 saturated heterocycles. The Balaban J connectivity index is 1.56. The number of aromatic nitrogens is 3. The van der Waals surface area contributed by atoms with Gasteiger partial charge in [0.15, 0.2) is 5.82 Å². The van der Waals surface area contributed by atoms with Crippen LogP contribution in [0.15, 0.2) is 53.7 Å². The van der Waals surface area contributed by atoms with Crippen LogP contribution in [-0.2, 0) is 4.79 Å². The molecule has 0 unspecified atom stereocenters. The van der Waals surface area contributed by atoms with Crippen molar-refractivity contribution in [1.29, 1.82) is 0 Å². The number of hydrogen-bond donors (Lipinski definition) is 2. The maximum atomic E-state index is 12.0. The van der Waals surface area contributed by atoms with Crippen LogP contribution in [0.2, 0.25) is 5.02 Å². The van der Waals surface area contributed by atoms with Crippen molar-refractivity contribution >= 4 is 35.0 Å². The zero-order valence-electron chi connectivity index (χ0n) is 12.9. The molecule has 1 amide bonds. The van der Waals surface area contributed by atoms with Crippen LogP contribution in [0.25, 0.3) is 11.4 Å². The van der Waals surface area contributed by atoms with Gasteiger partial charge in [-0.15, -0.1) is 5.10 Å². The van der Waals surface area contributed by atoms with Gasteiger partial charge in [-0.2, -0.15) is 0 Å². The first-order valence-electron chi connectivity index (χ1n) is 7.28. The first-order chi connectivity index (χ1) is 11.6. The zero-order chi connectivity index (χ0) is 16.9. The lowest BCUT2D eigenvalue weighted by molar-refractivity contribution is -0.113. The molecular formula is C17H15ClN4OS. The van der Waals surface area contributed by atoms with E-state index >= 15 is 0 Å².